The second kappa shape index (κ2) is 10.6. The van der Waals surface area contributed by atoms with Gasteiger partial charge in [-0.1, -0.05) is 25.1 Å². The van der Waals surface area contributed by atoms with E-state index in [1.165, 1.54) is 0 Å². The summed E-state index contributed by atoms with van der Waals surface area (Å²) in [6.45, 7) is 5.15. The fourth-order valence-corrected chi connectivity index (χ4v) is 3.53. The summed E-state index contributed by atoms with van der Waals surface area (Å²) in [6.07, 6.45) is 5.47. The fraction of sp³-hybridized carbons (Fsp3) is 0.500. The third-order valence-corrected chi connectivity index (χ3v) is 5.23. The van der Waals surface area contributed by atoms with Gasteiger partial charge in [-0.05, 0) is 37.0 Å². The van der Waals surface area contributed by atoms with Gasteiger partial charge in [-0.3, -0.25) is 14.3 Å². The first-order valence-corrected chi connectivity index (χ1v) is 10.3. The van der Waals surface area contributed by atoms with Crippen molar-refractivity contribution >= 4 is 11.8 Å². The van der Waals surface area contributed by atoms with E-state index < -0.39 is 0 Å². The molecule has 156 valence electrons. The second-order valence-electron chi connectivity index (χ2n) is 7.65. The molecule has 2 heterocycles. The van der Waals surface area contributed by atoms with Crippen molar-refractivity contribution in [2.45, 2.75) is 32.7 Å². The number of carbonyl (C=O) groups is 2. The van der Waals surface area contributed by atoms with Gasteiger partial charge in [-0.15, -0.1) is 0 Å². The molecule has 0 bridgehead atoms. The van der Waals surface area contributed by atoms with Gasteiger partial charge in [0.25, 0.3) is 0 Å². The highest BCUT2D eigenvalue weighted by molar-refractivity contribution is 5.80. The lowest BCUT2D eigenvalue weighted by Gasteiger charge is -2.31. The summed E-state index contributed by atoms with van der Waals surface area (Å²) in [5, 5.41) is 7.25. The average Bonchev–Trinajstić information content (AvgIpc) is 3.26. The van der Waals surface area contributed by atoms with Crippen LogP contribution in [0.15, 0.2) is 48.8 Å². The number of aromatic nitrogens is 2. The molecule has 2 amide bonds. The van der Waals surface area contributed by atoms with Crippen molar-refractivity contribution in [2.24, 2.45) is 11.8 Å². The molecule has 7 nitrogen and oxygen atoms in total. The van der Waals surface area contributed by atoms with E-state index in [4.69, 9.17) is 4.74 Å². The predicted molar refractivity (Wildman–Crippen MR) is 110 cm³/mol. The number of carbonyl (C=O) groups excluding carboxylic acids is 2. The summed E-state index contributed by atoms with van der Waals surface area (Å²) in [7, 11) is 0. The van der Waals surface area contributed by atoms with E-state index in [0.29, 0.717) is 51.4 Å². The molecule has 1 saturated heterocycles. The van der Waals surface area contributed by atoms with Gasteiger partial charge >= 0.3 is 0 Å². The van der Waals surface area contributed by atoms with Crippen molar-refractivity contribution < 1.29 is 14.3 Å². The van der Waals surface area contributed by atoms with Crippen LogP contribution in [0.3, 0.4) is 0 Å². The maximum atomic E-state index is 12.5. The molecule has 0 saturated carbocycles. The molecule has 1 atom stereocenters. The van der Waals surface area contributed by atoms with Crippen molar-refractivity contribution in [1.82, 2.24) is 20.0 Å². The summed E-state index contributed by atoms with van der Waals surface area (Å²) in [6, 6.07) is 11.4. The number of para-hydroxylation sites is 1. The Morgan fingerprint density at radius 1 is 1.21 bits per heavy atom. The standard InChI is InChI=1S/C22H30N4O3/c1-18(17-26-12-5-11-24-26)16-23-22(28)19-8-13-25(14-9-19)21(27)10-15-29-20-6-3-2-4-7-20/h2-7,11-12,18-19H,8-10,13-17H2,1H3,(H,23,28). The summed E-state index contributed by atoms with van der Waals surface area (Å²) < 4.78 is 7.48. The zero-order valence-corrected chi connectivity index (χ0v) is 17.0. The van der Waals surface area contributed by atoms with Gasteiger partial charge < -0.3 is 15.0 Å². The summed E-state index contributed by atoms with van der Waals surface area (Å²) in [5.74, 6) is 1.25. The number of amides is 2. The lowest BCUT2D eigenvalue weighted by atomic mass is 9.95. The SMILES string of the molecule is CC(CNC(=O)C1CCN(C(=O)CCOc2ccccc2)CC1)Cn1cccn1. The molecule has 2 aromatic rings. The smallest absolute Gasteiger partial charge is 0.225 e. The quantitative estimate of drug-likeness (QED) is 0.703. The highest BCUT2D eigenvalue weighted by Crippen LogP contribution is 2.18. The number of nitrogens with zero attached hydrogens (tertiary/aromatic N) is 3. The molecule has 1 fully saturated rings. The van der Waals surface area contributed by atoms with E-state index in [2.05, 4.69) is 17.3 Å². The lowest BCUT2D eigenvalue weighted by molar-refractivity contribution is -0.136. The van der Waals surface area contributed by atoms with Crippen LogP contribution in [0.5, 0.6) is 5.75 Å². The van der Waals surface area contributed by atoms with Gasteiger partial charge in [0.2, 0.25) is 11.8 Å². The van der Waals surface area contributed by atoms with Gasteiger partial charge in [-0.25, -0.2) is 0 Å². The molecule has 0 spiro atoms. The molecule has 1 unspecified atom stereocenters. The van der Waals surface area contributed by atoms with Crippen LogP contribution < -0.4 is 10.1 Å². The summed E-state index contributed by atoms with van der Waals surface area (Å²) in [5.41, 5.74) is 0. The number of likely N-dealkylation sites (tertiary alicyclic amines) is 1. The summed E-state index contributed by atoms with van der Waals surface area (Å²) in [4.78, 5) is 26.7. The molecule has 1 aromatic heterocycles. The minimum atomic E-state index is -0.0171. The first-order chi connectivity index (χ1) is 14.1. The van der Waals surface area contributed by atoms with Crippen molar-refractivity contribution in [3.63, 3.8) is 0 Å². The largest absolute Gasteiger partial charge is 0.493 e. The van der Waals surface area contributed by atoms with Crippen LogP contribution in [0.4, 0.5) is 0 Å². The Morgan fingerprint density at radius 2 is 1.97 bits per heavy atom. The molecule has 1 N–H and O–H groups in total. The number of nitrogens with one attached hydrogen (secondary N) is 1. The van der Waals surface area contributed by atoms with Crippen LogP contribution in [0, 0.1) is 11.8 Å². The molecule has 7 heteroatoms. The molecular weight excluding hydrogens is 368 g/mol. The van der Waals surface area contributed by atoms with Gasteiger partial charge in [0.05, 0.1) is 13.0 Å². The Labute approximate surface area is 172 Å². The minimum absolute atomic E-state index is 0.0171. The molecule has 3 rings (SSSR count). The number of ether oxygens (including phenoxy) is 1. The van der Waals surface area contributed by atoms with Gasteiger partial charge in [0.15, 0.2) is 0 Å². The third-order valence-electron chi connectivity index (χ3n) is 5.23. The van der Waals surface area contributed by atoms with Crippen LogP contribution in [-0.2, 0) is 16.1 Å². The lowest BCUT2D eigenvalue weighted by Crippen LogP contribution is -2.44. The molecule has 1 aliphatic heterocycles. The van der Waals surface area contributed by atoms with Crippen molar-refractivity contribution in [3.05, 3.63) is 48.8 Å². The minimum Gasteiger partial charge on any atom is -0.493 e. The van der Waals surface area contributed by atoms with Crippen LogP contribution >= 0.6 is 0 Å². The van der Waals surface area contributed by atoms with Crippen molar-refractivity contribution in [3.8, 4) is 5.75 Å². The number of piperidine rings is 1. The normalized spacial score (nSPS) is 15.7. The van der Waals surface area contributed by atoms with E-state index in [1.54, 1.807) is 6.20 Å². The second-order valence-corrected chi connectivity index (χ2v) is 7.65. The number of rotatable bonds is 9. The molecule has 0 radical (unpaired) electrons. The zero-order valence-electron chi connectivity index (χ0n) is 17.0. The maximum absolute atomic E-state index is 12.5. The van der Waals surface area contributed by atoms with Crippen LogP contribution in [0.2, 0.25) is 0 Å². The summed E-state index contributed by atoms with van der Waals surface area (Å²) >= 11 is 0. The molecule has 1 aliphatic rings. The van der Waals surface area contributed by atoms with E-state index in [-0.39, 0.29) is 17.7 Å². The number of hydrogen-bond donors (Lipinski definition) is 1. The fourth-order valence-electron chi connectivity index (χ4n) is 3.53. The van der Waals surface area contributed by atoms with Crippen LogP contribution in [0.25, 0.3) is 0 Å². The van der Waals surface area contributed by atoms with Gasteiger partial charge in [-0.2, -0.15) is 5.10 Å². The zero-order chi connectivity index (χ0) is 20.5. The first-order valence-electron chi connectivity index (χ1n) is 10.3. The molecule has 1 aromatic carbocycles. The van der Waals surface area contributed by atoms with E-state index >= 15 is 0 Å². The van der Waals surface area contributed by atoms with Crippen molar-refractivity contribution in [1.29, 1.82) is 0 Å². The average molecular weight is 399 g/mol. The Balaban J connectivity index is 1.31. The Hall–Kier alpha value is -2.83. The van der Waals surface area contributed by atoms with Crippen LogP contribution in [-0.4, -0.2) is 52.7 Å². The third kappa shape index (κ3) is 6.62. The number of hydrogen-bond acceptors (Lipinski definition) is 4. The Bertz CT molecular complexity index is 756. The topological polar surface area (TPSA) is 76.5 Å². The number of benzene rings is 1. The van der Waals surface area contributed by atoms with Gasteiger partial charge in [0, 0.05) is 44.5 Å². The molecule has 29 heavy (non-hydrogen) atoms. The Kier molecular flexibility index (Phi) is 7.67. The van der Waals surface area contributed by atoms with Gasteiger partial charge in [0.1, 0.15) is 5.75 Å². The highest BCUT2D eigenvalue weighted by Gasteiger charge is 2.27. The first kappa shape index (κ1) is 20.9. The van der Waals surface area contributed by atoms with Crippen LogP contribution in [0.1, 0.15) is 26.2 Å². The predicted octanol–water partition coefficient (Wildman–Crippen LogP) is 2.34. The van der Waals surface area contributed by atoms with E-state index in [9.17, 15) is 9.59 Å². The van der Waals surface area contributed by atoms with E-state index in [0.717, 1.165) is 12.3 Å². The maximum Gasteiger partial charge on any atom is 0.225 e. The Morgan fingerprint density at radius 3 is 2.66 bits per heavy atom. The monoisotopic (exact) mass is 398 g/mol. The molecule has 0 aliphatic carbocycles. The molecular formula is C22H30N4O3. The van der Waals surface area contributed by atoms with Crippen molar-refractivity contribution in [2.75, 3.05) is 26.2 Å². The highest BCUT2D eigenvalue weighted by atomic mass is 16.5. The van der Waals surface area contributed by atoms with E-state index in [1.807, 2.05) is 52.2 Å².